The Morgan fingerprint density at radius 2 is 1.11 bits per heavy atom. The van der Waals surface area contributed by atoms with Gasteiger partial charge in [0.15, 0.2) is 5.78 Å². The molecule has 0 aliphatic rings. The Morgan fingerprint density at radius 3 is 1.44 bits per heavy atom. The summed E-state index contributed by atoms with van der Waals surface area (Å²) in [6.07, 6.45) is 0. The van der Waals surface area contributed by atoms with Crippen LogP contribution >= 0.6 is 46.4 Å². The molecule has 0 bridgehead atoms. The molecule has 0 radical (unpaired) electrons. The van der Waals surface area contributed by atoms with E-state index in [1.54, 1.807) is 24.3 Å². The number of benzene rings is 2. The van der Waals surface area contributed by atoms with Gasteiger partial charge in [0.2, 0.25) is 0 Å². The van der Waals surface area contributed by atoms with Crippen LogP contribution in [0.4, 0.5) is 0 Å². The van der Waals surface area contributed by atoms with E-state index >= 15 is 0 Å². The molecular weight excluding hydrogens is 314 g/mol. The lowest BCUT2D eigenvalue weighted by Gasteiger charge is -2.06. The van der Waals surface area contributed by atoms with E-state index in [1.165, 1.54) is 12.1 Å². The van der Waals surface area contributed by atoms with Crippen LogP contribution in [0, 0.1) is 0 Å². The average Bonchev–Trinajstić information content (AvgIpc) is 2.28. The van der Waals surface area contributed by atoms with Crippen LogP contribution in [-0.4, -0.2) is 5.78 Å². The lowest BCUT2D eigenvalue weighted by molar-refractivity contribution is 0.103. The zero-order valence-electron chi connectivity index (χ0n) is 8.88. The van der Waals surface area contributed by atoms with Gasteiger partial charge >= 0.3 is 0 Å². The van der Waals surface area contributed by atoms with E-state index in [1.807, 2.05) is 0 Å². The van der Waals surface area contributed by atoms with Crippen molar-refractivity contribution in [2.75, 3.05) is 0 Å². The summed E-state index contributed by atoms with van der Waals surface area (Å²) in [6, 6.07) is 9.37. The number of carbonyl (C=O) groups is 1. The van der Waals surface area contributed by atoms with Crippen molar-refractivity contribution >= 4 is 52.2 Å². The fourth-order valence-corrected chi connectivity index (χ4v) is 2.48. The monoisotopic (exact) mass is 318 g/mol. The van der Waals surface area contributed by atoms with Gasteiger partial charge in [-0.15, -0.1) is 0 Å². The lowest BCUT2D eigenvalue weighted by atomic mass is 10.0. The maximum absolute atomic E-state index is 12.3. The number of hydrogen-bond donors (Lipinski definition) is 0. The van der Waals surface area contributed by atoms with Crippen LogP contribution in [0.15, 0.2) is 36.4 Å². The van der Waals surface area contributed by atoms with Crippen LogP contribution in [0.1, 0.15) is 15.9 Å². The van der Waals surface area contributed by atoms with Gasteiger partial charge < -0.3 is 0 Å². The van der Waals surface area contributed by atoms with Gasteiger partial charge in [0.1, 0.15) is 0 Å². The summed E-state index contributed by atoms with van der Waals surface area (Å²) in [5.74, 6) is -0.265. The Bertz CT molecular complexity index is 569. The summed E-state index contributed by atoms with van der Waals surface area (Å²) in [7, 11) is 0. The average molecular weight is 320 g/mol. The van der Waals surface area contributed by atoms with E-state index in [0.717, 1.165) is 0 Å². The SMILES string of the molecule is O=C(c1ccc(Cl)cc1Cl)c1ccc(Cl)cc1Cl. The largest absolute Gasteiger partial charge is 0.288 e. The summed E-state index contributed by atoms with van der Waals surface area (Å²) in [5.41, 5.74) is 0.704. The van der Waals surface area contributed by atoms with Crippen LogP contribution < -0.4 is 0 Å². The molecule has 0 N–H and O–H groups in total. The van der Waals surface area contributed by atoms with Crippen molar-refractivity contribution < 1.29 is 4.79 Å². The molecule has 2 rings (SSSR count). The molecule has 1 nitrogen and oxygen atoms in total. The molecule has 0 spiro atoms. The molecule has 0 aliphatic heterocycles. The van der Waals surface area contributed by atoms with Crippen molar-refractivity contribution in [1.82, 2.24) is 0 Å². The Balaban J connectivity index is 2.48. The first-order chi connectivity index (χ1) is 8.49. The Morgan fingerprint density at radius 1 is 0.722 bits per heavy atom. The molecule has 2 aromatic carbocycles. The Labute approximate surface area is 124 Å². The predicted octanol–water partition coefficient (Wildman–Crippen LogP) is 5.53. The number of rotatable bonds is 2. The van der Waals surface area contributed by atoms with Gasteiger partial charge in [-0.05, 0) is 36.4 Å². The molecule has 92 valence electrons. The maximum atomic E-state index is 12.3. The second-order valence-electron chi connectivity index (χ2n) is 3.58. The van der Waals surface area contributed by atoms with Crippen LogP contribution in [0.3, 0.4) is 0 Å². The van der Waals surface area contributed by atoms with Crippen molar-refractivity contribution in [2.24, 2.45) is 0 Å². The minimum atomic E-state index is -0.265. The number of halogens is 4. The first-order valence-corrected chi connectivity index (χ1v) is 6.45. The van der Waals surface area contributed by atoms with Gasteiger partial charge in [-0.3, -0.25) is 4.79 Å². The molecule has 0 saturated heterocycles. The summed E-state index contributed by atoms with van der Waals surface area (Å²) in [5, 5.41) is 1.52. The topological polar surface area (TPSA) is 17.1 Å². The van der Waals surface area contributed by atoms with Gasteiger partial charge in [0.25, 0.3) is 0 Å². The van der Waals surface area contributed by atoms with Crippen molar-refractivity contribution in [3.05, 3.63) is 67.6 Å². The summed E-state index contributed by atoms with van der Waals surface area (Å²) >= 11 is 23.5. The van der Waals surface area contributed by atoms with E-state index in [0.29, 0.717) is 31.2 Å². The molecule has 0 amide bonds. The zero-order valence-corrected chi connectivity index (χ0v) is 11.9. The van der Waals surface area contributed by atoms with E-state index in [4.69, 9.17) is 46.4 Å². The zero-order chi connectivity index (χ0) is 13.3. The first-order valence-electron chi connectivity index (χ1n) is 4.94. The molecule has 2 aromatic rings. The predicted molar refractivity (Wildman–Crippen MR) is 76.4 cm³/mol. The molecule has 5 heteroatoms. The Kier molecular flexibility index (Phi) is 4.18. The van der Waals surface area contributed by atoms with E-state index in [9.17, 15) is 4.79 Å². The second-order valence-corrected chi connectivity index (χ2v) is 5.26. The highest BCUT2D eigenvalue weighted by atomic mass is 35.5. The minimum Gasteiger partial charge on any atom is -0.288 e. The third kappa shape index (κ3) is 2.81. The number of hydrogen-bond acceptors (Lipinski definition) is 1. The van der Waals surface area contributed by atoms with Gasteiger partial charge in [-0.2, -0.15) is 0 Å². The highest BCUT2D eigenvalue weighted by Gasteiger charge is 2.16. The fraction of sp³-hybridized carbons (Fsp3) is 0. The van der Waals surface area contributed by atoms with Crippen molar-refractivity contribution in [3.8, 4) is 0 Å². The summed E-state index contributed by atoms with van der Waals surface area (Å²) in [4.78, 5) is 12.3. The fourth-order valence-electron chi connectivity index (χ4n) is 1.49. The second kappa shape index (κ2) is 5.50. The number of ketones is 1. The third-order valence-electron chi connectivity index (χ3n) is 2.35. The molecule has 18 heavy (non-hydrogen) atoms. The van der Waals surface area contributed by atoms with E-state index in [2.05, 4.69) is 0 Å². The lowest BCUT2D eigenvalue weighted by Crippen LogP contribution is -2.03. The van der Waals surface area contributed by atoms with Gasteiger partial charge in [0.05, 0.1) is 10.0 Å². The molecule has 0 heterocycles. The Hall–Kier alpha value is -0.730. The van der Waals surface area contributed by atoms with E-state index in [-0.39, 0.29) is 5.78 Å². The van der Waals surface area contributed by atoms with Crippen LogP contribution in [0.5, 0.6) is 0 Å². The van der Waals surface area contributed by atoms with Crippen molar-refractivity contribution in [3.63, 3.8) is 0 Å². The highest BCUT2D eigenvalue weighted by Crippen LogP contribution is 2.27. The third-order valence-corrected chi connectivity index (χ3v) is 3.45. The maximum Gasteiger partial charge on any atom is 0.196 e. The standard InChI is InChI=1S/C13H6Cl4O/c14-7-1-3-9(11(16)5-7)13(18)10-4-2-8(15)6-12(10)17/h1-6H. The van der Waals surface area contributed by atoms with Gasteiger partial charge in [0, 0.05) is 21.2 Å². The smallest absolute Gasteiger partial charge is 0.196 e. The minimum absolute atomic E-state index is 0.265. The summed E-state index contributed by atoms with van der Waals surface area (Å²) < 4.78 is 0. The van der Waals surface area contributed by atoms with E-state index < -0.39 is 0 Å². The molecule has 0 aliphatic carbocycles. The number of carbonyl (C=O) groups excluding carboxylic acids is 1. The van der Waals surface area contributed by atoms with Crippen LogP contribution in [0.25, 0.3) is 0 Å². The highest BCUT2D eigenvalue weighted by molar-refractivity contribution is 6.40. The first kappa shape index (κ1) is 13.7. The quantitative estimate of drug-likeness (QED) is 0.665. The molecule has 0 unspecified atom stereocenters. The van der Waals surface area contributed by atoms with Crippen LogP contribution in [0.2, 0.25) is 20.1 Å². The molecule has 0 saturated carbocycles. The molecule has 0 fully saturated rings. The van der Waals surface area contributed by atoms with Crippen LogP contribution in [-0.2, 0) is 0 Å². The van der Waals surface area contributed by atoms with Gasteiger partial charge in [-0.1, -0.05) is 46.4 Å². The normalized spacial score (nSPS) is 10.4. The van der Waals surface area contributed by atoms with Crippen molar-refractivity contribution in [1.29, 1.82) is 0 Å². The van der Waals surface area contributed by atoms with Crippen molar-refractivity contribution in [2.45, 2.75) is 0 Å². The molecule has 0 atom stereocenters. The molecule has 0 aromatic heterocycles. The molecular formula is C13H6Cl4O. The van der Waals surface area contributed by atoms with Gasteiger partial charge in [-0.25, -0.2) is 0 Å². The summed E-state index contributed by atoms with van der Waals surface area (Å²) in [6.45, 7) is 0.